The molecule has 33 heavy (non-hydrogen) atoms. The van der Waals surface area contributed by atoms with Gasteiger partial charge in [0.25, 0.3) is 5.91 Å². The maximum Gasteiger partial charge on any atom is 0.262 e. The van der Waals surface area contributed by atoms with Crippen molar-refractivity contribution in [3.63, 3.8) is 0 Å². The topological polar surface area (TPSA) is 123 Å². The summed E-state index contributed by atoms with van der Waals surface area (Å²) < 4.78 is 42.8. The van der Waals surface area contributed by atoms with E-state index >= 15 is 0 Å². The predicted molar refractivity (Wildman–Crippen MR) is 125 cm³/mol. The Morgan fingerprint density at radius 1 is 1.18 bits per heavy atom. The number of nitrogens with zero attached hydrogens (tertiary/aromatic N) is 2. The molecule has 0 spiro atoms. The first kappa shape index (κ1) is 22.0. The van der Waals surface area contributed by atoms with E-state index in [1.165, 1.54) is 17.6 Å². The van der Waals surface area contributed by atoms with Gasteiger partial charge in [0.15, 0.2) is 11.5 Å². The molecule has 1 amide bonds. The monoisotopic (exact) mass is 491 g/mol. The predicted octanol–water partition coefficient (Wildman–Crippen LogP) is 2.94. The van der Waals surface area contributed by atoms with Crippen LogP contribution in [0.5, 0.6) is 17.2 Å². The van der Waals surface area contributed by atoms with Crippen LogP contribution in [0, 0.1) is 5.92 Å². The third-order valence-corrected chi connectivity index (χ3v) is 9.04. The van der Waals surface area contributed by atoms with Gasteiger partial charge in [0.05, 0.1) is 22.9 Å². The zero-order valence-corrected chi connectivity index (χ0v) is 19.8. The molecule has 1 fully saturated rings. The van der Waals surface area contributed by atoms with Gasteiger partial charge in [-0.1, -0.05) is 0 Å². The Kier molecular flexibility index (Phi) is 5.69. The van der Waals surface area contributed by atoms with Gasteiger partial charge in [-0.3, -0.25) is 9.36 Å². The lowest BCUT2D eigenvalue weighted by Crippen LogP contribution is -2.28. The molecule has 0 unspecified atom stereocenters. The number of nitrogens with two attached hydrogens (primary N) is 1. The Morgan fingerprint density at radius 2 is 1.88 bits per heavy atom. The van der Waals surface area contributed by atoms with E-state index < -0.39 is 15.7 Å². The van der Waals surface area contributed by atoms with Crippen molar-refractivity contribution in [3.8, 4) is 22.2 Å². The normalized spacial score (nSPS) is 20.6. The van der Waals surface area contributed by atoms with Crippen LogP contribution in [0.4, 0.5) is 0 Å². The van der Waals surface area contributed by atoms with E-state index in [4.69, 9.17) is 19.9 Å². The molecule has 1 aliphatic heterocycles. The molecule has 2 aliphatic rings. The molecule has 1 aromatic carbocycles. The summed E-state index contributed by atoms with van der Waals surface area (Å²) in [5.41, 5.74) is 7.19. The first-order valence-electron chi connectivity index (χ1n) is 10.8. The fourth-order valence-corrected chi connectivity index (χ4v) is 6.48. The molecule has 1 aliphatic carbocycles. The zero-order chi connectivity index (χ0) is 23.2. The number of benzene rings is 1. The Balaban J connectivity index is 1.36. The van der Waals surface area contributed by atoms with E-state index in [-0.39, 0.29) is 11.2 Å². The van der Waals surface area contributed by atoms with Crippen LogP contribution < -0.4 is 19.9 Å². The largest absolute Gasteiger partial charge is 0.491 e. The first-order chi connectivity index (χ1) is 15.8. The Hall–Kier alpha value is -2.79. The van der Waals surface area contributed by atoms with E-state index in [2.05, 4.69) is 4.98 Å². The number of imidazole rings is 1. The lowest BCUT2D eigenvalue weighted by Gasteiger charge is -2.27. The summed E-state index contributed by atoms with van der Waals surface area (Å²) in [6.07, 6.45) is 5.82. The molecule has 0 bridgehead atoms. The van der Waals surface area contributed by atoms with Crippen LogP contribution in [0.15, 0.2) is 24.5 Å². The molecule has 1 saturated carbocycles. The van der Waals surface area contributed by atoms with Crippen molar-refractivity contribution in [3.05, 3.63) is 29.4 Å². The second-order valence-electron chi connectivity index (χ2n) is 8.52. The van der Waals surface area contributed by atoms with E-state index in [0.29, 0.717) is 54.8 Å². The number of hydrogen-bond donors (Lipinski definition) is 1. The maximum absolute atomic E-state index is 12.1. The summed E-state index contributed by atoms with van der Waals surface area (Å²) in [4.78, 5) is 16.9. The second-order valence-corrected chi connectivity index (χ2v) is 11.9. The number of carbonyl (C=O) groups is 1. The molecule has 176 valence electrons. The third-order valence-electron chi connectivity index (χ3n) is 6.23. The number of hydrogen-bond acceptors (Lipinski definition) is 8. The van der Waals surface area contributed by atoms with E-state index in [1.54, 1.807) is 12.4 Å². The van der Waals surface area contributed by atoms with Crippen LogP contribution in [-0.4, -0.2) is 55.2 Å². The van der Waals surface area contributed by atoms with Crippen molar-refractivity contribution in [2.75, 3.05) is 26.1 Å². The highest BCUT2D eigenvalue weighted by Gasteiger charge is 2.28. The molecule has 3 heterocycles. The summed E-state index contributed by atoms with van der Waals surface area (Å²) in [7, 11) is -3.01. The second kappa shape index (κ2) is 8.53. The molecule has 0 radical (unpaired) electrons. The molecule has 0 atom stereocenters. The Morgan fingerprint density at radius 3 is 2.55 bits per heavy atom. The van der Waals surface area contributed by atoms with Crippen molar-refractivity contribution in [1.29, 1.82) is 0 Å². The van der Waals surface area contributed by atoms with Gasteiger partial charge in [-0.2, -0.15) is 0 Å². The minimum Gasteiger partial charge on any atom is -0.491 e. The van der Waals surface area contributed by atoms with Gasteiger partial charge in [-0.05, 0) is 31.6 Å². The van der Waals surface area contributed by atoms with Crippen molar-refractivity contribution in [2.24, 2.45) is 11.7 Å². The third kappa shape index (κ3) is 4.39. The average molecular weight is 492 g/mol. The summed E-state index contributed by atoms with van der Waals surface area (Å²) in [6.45, 7) is 1.40. The highest BCUT2D eigenvalue weighted by atomic mass is 32.2. The van der Waals surface area contributed by atoms with Gasteiger partial charge in [-0.15, -0.1) is 11.3 Å². The van der Waals surface area contributed by atoms with Crippen molar-refractivity contribution >= 4 is 38.1 Å². The Bertz CT molecular complexity index is 1310. The van der Waals surface area contributed by atoms with Crippen molar-refractivity contribution in [1.82, 2.24) is 9.55 Å². The van der Waals surface area contributed by atoms with Gasteiger partial charge in [0.1, 0.15) is 45.0 Å². The molecule has 0 saturated heterocycles. The lowest BCUT2D eigenvalue weighted by molar-refractivity contribution is 0.0999. The number of rotatable bonds is 6. The highest BCUT2D eigenvalue weighted by Crippen LogP contribution is 2.38. The highest BCUT2D eigenvalue weighted by molar-refractivity contribution is 7.91. The molecular weight excluding hydrogens is 466 g/mol. The van der Waals surface area contributed by atoms with Gasteiger partial charge in [-0.25, -0.2) is 13.4 Å². The number of sulfone groups is 1. The number of primary amides is 1. The SMILES string of the molecule is CS(=O)(=O)C1CCC(COc2cc(-n3cnc4cc5c(cc43)OCCO5)sc2C(N)=O)CC1. The molecule has 2 N–H and O–H groups in total. The number of amides is 1. The summed E-state index contributed by atoms with van der Waals surface area (Å²) in [5.74, 6) is 1.44. The Labute approximate surface area is 195 Å². The van der Waals surface area contributed by atoms with Crippen LogP contribution >= 0.6 is 11.3 Å². The quantitative estimate of drug-likeness (QED) is 0.562. The van der Waals surface area contributed by atoms with Crippen LogP contribution in [0.3, 0.4) is 0 Å². The molecule has 5 rings (SSSR count). The minimum atomic E-state index is -3.01. The standard InChI is InChI=1S/C22H25N3O6S2/c1-33(27,28)14-4-2-13(3-5-14)11-31-19-10-20(32-21(19)22(23)26)25-12-24-15-8-17-18(9-16(15)25)30-7-6-29-17/h8-10,12-14H,2-7,11H2,1H3,(H2,23,26). The lowest BCUT2D eigenvalue weighted by atomic mass is 9.89. The van der Waals surface area contributed by atoms with Gasteiger partial charge >= 0.3 is 0 Å². The van der Waals surface area contributed by atoms with E-state index in [0.717, 1.165) is 28.9 Å². The molecule has 2 aromatic heterocycles. The van der Waals surface area contributed by atoms with Gasteiger partial charge in [0.2, 0.25) is 0 Å². The number of carbonyl (C=O) groups excluding carboxylic acids is 1. The van der Waals surface area contributed by atoms with E-state index in [9.17, 15) is 13.2 Å². The van der Waals surface area contributed by atoms with Gasteiger partial charge in [0, 0.05) is 24.5 Å². The van der Waals surface area contributed by atoms with Crippen molar-refractivity contribution < 1.29 is 27.4 Å². The number of aromatic nitrogens is 2. The molecule has 9 nitrogen and oxygen atoms in total. The average Bonchev–Trinajstić information content (AvgIpc) is 3.39. The van der Waals surface area contributed by atoms with Crippen LogP contribution in [0.25, 0.3) is 16.0 Å². The van der Waals surface area contributed by atoms with Crippen LogP contribution in [0.2, 0.25) is 0 Å². The summed E-state index contributed by atoms with van der Waals surface area (Å²) in [5, 5.41) is 0.482. The summed E-state index contributed by atoms with van der Waals surface area (Å²) >= 11 is 1.24. The van der Waals surface area contributed by atoms with Crippen LogP contribution in [0.1, 0.15) is 35.4 Å². The molecular formula is C22H25N3O6S2. The number of fused-ring (bicyclic) bond motifs is 2. The van der Waals surface area contributed by atoms with Crippen molar-refractivity contribution in [2.45, 2.75) is 30.9 Å². The number of ether oxygens (including phenoxy) is 3. The fourth-order valence-electron chi connectivity index (χ4n) is 4.42. The smallest absolute Gasteiger partial charge is 0.262 e. The number of thiophene rings is 1. The summed E-state index contributed by atoms with van der Waals surface area (Å²) in [6, 6.07) is 5.51. The van der Waals surface area contributed by atoms with E-state index in [1.807, 2.05) is 16.7 Å². The van der Waals surface area contributed by atoms with Gasteiger partial charge < -0.3 is 19.9 Å². The maximum atomic E-state index is 12.1. The molecule has 3 aromatic rings. The molecule has 11 heteroatoms. The zero-order valence-electron chi connectivity index (χ0n) is 18.2. The first-order valence-corrected chi connectivity index (χ1v) is 13.6. The minimum absolute atomic E-state index is 0.241. The van der Waals surface area contributed by atoms with Crippen LogP contribution in [-0.2, 0) is 9.84 Å². The fraction of sp³-hybridized carbons (Fsp3) is 0.455.